The highest BCUT2D eigenvalue weighted by Crippen LogP contribution is 2.28. The van der Waals surface area contributed by atoms with E-state index in [0.717, 1.165) is 0 Å². The first-order chi connectivity index (χ1) is 7.47. The normalized spacial score (nSPS) is 12.1. The fraction of sp³-hybridized carbons (Fsp3) is 0.333. The van der Waals surface area contributed by atoms with Gasteiger partial charge in [-0.3, -0.25) is 4.79 Å². The molecule has 1 unspecified atom stereocenters. The van der Waals surface area contributed by atoms with E-state index in [-0.39, 0.29) is 17.2 Å². The number of hydrogen-bond donors (Lipinski definition) is 2. The van der Waals surface area contributed by atoms with Crippen molar-refractivity contribution in [2.75, 3.05) is 0 Å². The van der Waals surface area contributed by atoms with Crippen molar-refractivity contribution >= 4 is 5.97 Å². The molecule has 0 aliphatic heterocycles. The quantitative estimate of drug-likeness (QED) is 0.815. The van der Waals surface area contributed by atoms with Gasteiger partial charge in [0.1, 0.15) is 11.8 Å². The third-order valence-electron chi connectivity index (χ3n) is 2.43. The van der Waals surface area contributed by atoms with Gasteiger partial charge in [0.25, 0.3) is 0 Å². The lowest BCUT2D eigenvalue weighted by Gasteiger charge is -2.16. The van der Waals surface area contributed by atoms with Gasteiger partial charge in [-0.05, 0) is 23.6 Å². The maximum atomic E-state index is 11.1. The third kappa shape index (κ3) is 2.31. The fourth-order valence-electron chi connectivity index (χ4n) is 1.65. The molecular weight excluding hydrogens is 206 g/mol. The van der Waals surface area contributed by atoms with E-state index in [0.29, 0.717) is 5.56 Å². The lowest BCUT2D eigenvalue weighted by Crippen LogP contribution is -2.17. The standard InChI is InChI=1S/C12H13NO3/c1-7(2)11(12(15)16)8-3-4-10(14)9(5-8)6-13/h3-5,7,11,14H,1-2H3,(H,15,16). The maximum absolute atomic E-state index is 11.1. The van der Waals surface area contributed by atoms with Crippen LogP contribution in [0.15, 0.2) is 18.2 Å². The van der Waals surface area contributed by atoms with Gasteiger partial charge in [-0.2, -0.15) is 5.26 Å². The maximum Gasteiger partial charge on any atom is 0.311 e. The van der Waals surface area contributed by atoms with Crippen LogP contribution in [0.1, 0.15) is 30.9 Å². The summed E-state index contributed by atoms with van der Waals surface area (Å²) in [6, 6.07) is 6.14. The Morgan fingerprint density at radius 1 is 1.44 bits per heavy atom. The van der Waals surface area contributed by atoms with E-state index >= 15 is 0 Å². The average molecular weight is 219 g/mol. The van der Waals surface area contributed by atoms with Crippen LogP contribution in [-0.2, 0) is 4.79 Å². The van der Waals surface area contributed by atoms with Crippen molar-refractivity contribution in [2.24, 2.45) is 5.92 Å². The highest BCUT2D eigenvalue weighted by molar-refractivity contribution is 5.76. The van der Waals surface area contributed by atoms with Crippen molar-refractivity contribution in [1.29, 1.82) is 5.26 Å². The molecule has 0 bridgehead atoms. The van der Waals surface area contributed by atoms with Crippen molar-refractivity contribution in [3.63, 3.8) is 0 Å². The topological polar surface area (TPSA) is 81.3 Å². The minimum Gasteiger partial charge on any atom is -0.507 e. The number of carbonyl (C=O) groups is 1. The Morgan fingerprint density at radius 2 is 2.06 bits per heavy atom. The number of carboxylic acids is 1. The predicted octanol–water partition coefficient (Wildman–Crippen LogP) is 2.09. The smallest absolute Gasteiger partial charge is 0.311 e. The summed E-state index contributed by atoms with van der Waals surface area (Å²) in [4.78, 5) is 11.1. The van der Waals surface area contributed by atoms with Gasteiger partial charge in [0, 0.05) is 0 Å². The first-order valence-electron chi connectivity index (χ1n) is 4.93. The minimum absolute atomic E-state index is 0.0754. The van der Waals surface area contributed by atoms with Crippen molar-refractivity contribution in [2.45, 2.75) is 19.8 Å². The highest BCUT2D eigenvalue weighted by atomic mass is 16.4. The molecule has 1 rings (SSSR count). The second-order valence-electron chi connectivity index (χ2n) is 3.95. The Morgan fingerprint density at radius 3 is 2.50 bits per heavy atom. The molecule has 0 spiro atoms. The summed E-state index contributed by atoms with van der Waals surface area (Å²) in [5.41, 5.74) is 0.640. The van der Waals surface area contributed by atoms with Crippen LogP contribution < -0.4 is 0 Å². The number of phenolic OH excluding ortho intramolecular Hbond substituents is 1. The SMILES string of the molecule is CC(C)C(C(=O)O)c1ccc(O)c(C#N)c1. The number of phenols is 1. The van der Waals surface area contributed by atoms with Crippen LogP contribution in [-0.4, -0.2) is 16.2 Å². The summed E-state index contributed by atoms with van der Waals surface area (Å²) in [6.45, 7) is 3.61. The van der Waals surface area contributed by atoms with E-state index < -0.39 is 11.9 Å². The molecule has 1 atom stereocenters. The second kappa shape index (κ2) is 4.67. The molecule has 0 heterocycles. The Hall–Kier alpha value is -2.02. The van der Waals surface area contributed by atoms with E-state index in [4.69, 9.17) is 10.4 Å². The molecule has 0 aromatic heterocycles. The van der Waals surface area contributed by atoms with Gasteiger partial charge in [0.15, 0.2) is 0 Å². The number of aliphatic carboxylic acids is 1. The molecule has 0 fully saturated rings. The molecule has 0 aliphatic carbocycles. The van der Waals surface area contributed by atoms with Gasteiger partial charge in [-0.1, -0.05) is 19.9 Å². The van der Waals surface area contributed by atoms with Crippen LogP contribution >= 0.6 is 0 Å². The van der Waals surface area contributed by atoms with Crippen molar-refractivity contribution < 1.29 is 15.0 Å². The number of benzene rings is 1. The molecule has 0 aliphatic rings. The summed E-state index contributed by atoms with van der Waals surface area (Å²) >= 11 is 0. The van der Waals surface area contributed by atoms with Crippen molar-refractivity contribution in [3.05, 3.63) is 29.3 Å². The van der Waals surface area contributed by atoms with E-state index in [1.807, 2.05) is 6.07 Å². The summed E-state index contributed by atoms with van der Waals surface area (Å²) in [5.74, 6) is -1.79. The number of carboxylic acid groups (broad SMARTS) is 1. The average Bonchev–Trinajstić information content (AvgIpc) is 2.19. The molecule has 1 aromatic rings. The molecule has 0 saturated heterocycles. The van der Waals surface area contributed by atoms with Crippen LogP contribution in [0.3, 0.4) is 0 Å². The molecule has 84 valence electrons. The molecule has 4 nitrogen and oxygen atoms in total. The zero-order chi connectivity index (χ0) is 12.3. The van der Waals surface area contributed by atoms with Crippen LogP contribution in [0.4, 0.5) is 0 Å². The Balaban J connectivity index is 3.22. The van der Waals surface area contributed by atoms with Gasteiger partial charge in [-0.25, -0.2) is 0 Å². The molecular formula is C12H13NO3. The number of nitrogens with zero attached hydrogens (tertiary/aromatic N) is 1. The molecule has 2 N–H and O–H groups in total. The Labute approximate surface area is 93.8 Å². The Bertz CT molecular complexity index is 446. The van der Waals surface area contributed by atoms with Crippen LogP contribution in [0.25, 0.3) is 0 Å². The van der Waals surface area contributed by atoms with Crippen LogP contribution in [0.5, 0.6) is 5.75 Å². The lowest BCUT2D eigenvalue weighted by molar-refractivity contribution is -0.139. The van der Waals surface area contributed by atoms with E-state index in [1.54, 1.807) is 13.8 Å². The van der Waals surface area contributed by atoms with Crippen LogP contribution in [0, 0.1) is 17.2 Å². The number of nitriles is 1. The second-order valence-corrected chi connectivity index (χ2v) is 3.95. The summed E-state index contributed by atoms with van der Waals surface area (Å²) in [6.07, 6.45) is 0. The van der Waals surface area contributed by atoms with E-state index in [2.05, 4.69) is 0 Å². The first kappa shape index (κ1) is 12.1. The number of rotatable bonds is 3. The van der Waals surface area contributed by atoms with E-state index in [9.17, 15) is 9.90 Å². The third-order valence-corrected chi connectivity index (χ3v) is 2.43. The zero-order valence-corrected chi connectivity index (χ0v) is 9.14. The Kier molecular flexibility index (Phi) is 3.51. The highest BCUT2D eigenvalue weighted by Gasteiger charge is 2.24. The minimum atomic E-state index is -0.926. The van der Waals surface area contributed by atoms with Gasteiger partial charge in [-0.15, -0.1) is 0 Å². The largest absolute Gasteiger partial charge is 0.507 e. The van der Waals surface area contributed by atoms with Crippen molar-refractivity contribution in [1.82, 2.24) is 0 Å². The predicted molar refractivity (Wildman–Crippen MR) is 58.0 cm³/mol. The molecule has 1 aromatic carbocycles. The van der Waals surface area contributed by atoms with Gasteiger partial charge >= 0.3 is 5.97 Å². The number of hydrogen-bond acceptors (Lipinski definition) is 3. The summed E-state index contributed by atoms with van der Waals surface area (Å²) < 4.78 is 0. The van der Waals surface area contributed by atoms with Gasteiger partial charge in [0.2, 0.25) is 0 Å². The molecule has 4 heteroatoms. The van der Waals surface area contributed by atoms with Crippen LogP contribution in [0.2, 0.25) is 0 Å². The molecule has 16 heavy (non-hydrogen) atoms. The monoisotopic (exact) mass is 219 g/mol. The summed E-state index contributed by atoms with van der Waals surface area (Å²) in [7, 11) is 0. The van der Waals surface area contributed by atoms with Crippen molar-refractivity contribution in [3.8, 4) is 11.8 Å². The lowest BCUT2D eigenvalue weighted by atomic mass is 9.88. The summed E-state index contributed by atoms with van der Waals surface area (Å²) in [5, 5.41) is 27.2. The molecule has 0 radical (unpaired) electrons. The van der Waals surface area contributed by atoms with Gasteiger partial charge < -0.3 is 10.2 Å². The number of aromatic hydroxyl groups is 1. The fourth-order valence-corrected chi connectivity index (χ4v) is 1.65. The first-order valence-corrected chi connectivity index (χ1v) is 4.93. The molecule has 0 amide bonds. The zero-order valence-electron chi connectivity index (χ0n) is 9.14. The van der Waals surface area contributed by atoms with Gasteiger partial charge in [0.05, 0.1) is 11.5 Å². The van der Waals surface area contributed by atoms with E-state index in [1.165, 1.54) is 18.2 Å². The molecule has 0 saturated carbocycles.